The molecule has 0 aromatic carbocycles. The zero-order valence-corrected chi connectivity index (χ0v) is 9.82. The summed E-state index contributed by atoms with van der Waals surface area (Å²) in [6, 6.07) is 0. The van der Waals surface area contributed by atoms with Crippen LogP contribution in [0, 0.1) is 17.3 Å². The lowest BCUT2D eigenvalue weighted by Crippen LogP contribution is -2.57. The monoisotopic (exact) mass is 222 g/mol. The van der Waals surface area contributed by atoms with E-state index in [1.165, 1.54) is 4.90 Å². The van der Waals surface area contributed by atoms with Gasteiger partial charge in [-0.3, -0.25) is 14.5 Å². The molecule has 3 rings (SSSR count). The van der Waals surface area contributed by atoms with Crippen molar-refractivity contribution in [3.8, 4) is 0 Å². The minimum atomic E-state index is -0.285. The lowest BCUT2D eigenvalue weighted by atomic mass is 9.77. The van der Waals surface area contributed by atoms with Crippen LogP contribution in [0.4, 0.5) is 0 Å². The third-order valence-corrected chi connectivity index (χ3v) is 4.71. The molecule has 2 atom stereocenters. The lowest BCUT2D eigenvalue weighted by molar-refractivity contribution is -0.144. The second-order valence-corrected chi connectivity index (χ2v) is 6.26. The molecule has 3 fully saturated rings. The standard InChI is InChI=1S/C12H18N2O2/c1-11(2)7-8(11)10(16)14(9(7)15)6-12(13)4-3-5-12/h7-8H,3-6,13H2,1-2H3. The molecule has 4 heteroatoms. The first-order valence-corrected chi connectivity index (χ1v) is 6.01. The van der Waals surface area contributed by atoms with E-state index < -0.39 is 0 Å². The second kappa shape index (κ2) is 2.67. The average molecular weight is 222 g/mol. The van der Waals surface area contributed by atoms with Gasteiger partial charge in [-0.05, 0) is 24.7 Å². The van der Waals surface area contributed by atoms with Crippen LogP contribution in [0.5, 0.6) is 0 Å². The molecule has 0 aromatic rings. The van der Waals surface area contributed by atoms with Gasteiger partial charge in [0.1, 0.15) is 0 Å². The van der Waals surface area contributed by atoms with E-state index >= 15 is 0 Å². The normalized spacial score (nSPS) is 38.3. The van der Waals surface area contributed by atoms with Crippen molar-refractivity contribution in [2.75, 3.05) is 6.54 Å². The third-order valence-electron chi connectivity index (χ3n) is 4.71. The van der Waals surface area contributed by atoms with E-state index in [1.807, 2.05) is 13.8 Å². The van der Waals surface area contributed by atoms with E-state index in [-0.39, 0.29) is 34.6 Å². The minimum absolute atomic E-state index is 0.0109. The molecule has 2 saturated carbocycles. The summed E-state index contributed by atoms with van der Waals surface area (Å²) in [7, 11) is 0. The van der Waals surface area contributed by atoms with E-state index in [0.717, 1.165) is 19.3 Å². The number of carbonyl (C=O) groups excluding carboxylic acids is 2. The highest BCUT2D eigenvalue weighted by Gasteiger charge is 2.72. The number of nitrogens with two attached hydrogens (primary N) is 1. The molecule has 0 spiro atoms. The summed E-state index contributed by atoms with van der Waals surface area (Å²) >= 11 is 0. The lowest BCUT2D eigenvalue weighted by Gasteiger charge is -2.41. The van der Waals surface area contributed by atoms with Crippen molar-refractivity contribution < 1.29 is 9.59 Å². The third kappa shape index (κ3) is 1.08. The SMILES string of the molecule is CC1(C)C2C(=O)N(CC3(N)CCC3)C(=O)C21. The molecule has 4 nitrogen and oxygen atoms in total. The molecule has 1 heterocycles. The van der Waals surface area contributed by atoms with E-state index in [2.05, 4.69) is 0 Å². The van der Waals surface area contributed by atoms with Crippen molar-refractivity contribution in [1.29, 1.82) is 0 Å². The Morgan fingerprint density at radius 2 is 1.75 bits per heavy atom. The maximum atomic E-state index is 12.0. The number of likely N-dealkylation sites (tertiary alicyclic amines) is 1. The van der Waals surface area contributed by atoms with E-state index in [4.69, 9.17) is 5.73 Å². The first-order valence-electron chi connectivity index (χ1n) is 6.01. The molecule has 2 amide bonds. The fourth-order valence-electron chi connectivity index (χ4n) is 3.26. The topological polar surface area (TPSA) is 63.4 Å². The molecule has 0 aromatic heterocycles. The first-order chi connectivity index (χ1) is 7.37. The van der Waals surface area contributed by atoms with Crippen LogP contribution in [0.25, 0.3) is 0 Å². The fraction of sp³-hybridized carbons (Fsp3) is 0.833. The Labute approximate surface area is 95.2 Å². The fourth-order valence-corrected chi connectivity index (χ4v) is 3.26. The molecule has 1 saturated heterocycles. The number of imide groups is 1. The molecule has 1 aliphatic heterocycles. The van der Waals surface area contributed by atoms with Gasteiger partial charge in [0.15, 0.2) is 0 Å². The Balaban J connectivity index is 1.75. The van der Waals surface area contributed by atoms with Gasteiger partial charge in [0, 0.05) is 12.1 Å². The highest BCUT2D eigenvalue weighted by Crippen LogP contribution is 2.63. The van der Waals surface area contributed by atoms with Gasteiger partial charge in [-0.25, -0.2) is 0 Å². The van der Waals surface area contributed by atoms with Gasteiger partial charge in [0.05, 0.1) is 11.8 Å². The zero-order valence-electron chi connectivity index (χ0n) is 9.82. The van der Waals surface area contributed by atoms with Crippen LogP contribution in [-0.4, -0.2) is 28.8 Å². The number of hydrogen-bond donors (Lipinski definition) is 1. The van der Waals surface area contributed by atoms with Crippen molar-refractivity contribution in [3.63, 3.8) is 0 Å². The number of nitrogens with zero attached hydrogens (tertiary/aromatic N) is 1. The van der Waals surface area contributed by atoms with Crippen molar-refractivity contribution in [2.45, 2.75) is 38.6 Å². The average Bonchev–Trinajstić information content (AvgIpc) is 2.62. The Bertz CT molecular complexity index is 360. The van der Waals surface area contributed by atoms with Crippen LogP contribution in [0.15, 0.2) is 0 Å². The Morgan fingerprint density at radius 1 is 1.25 bits per heavy atom. The summed E-state index contributed by atoms with van der Waals surface area (Å²) in [6.45, 7) is 4.43. The van der Waals surface area contributed by atoms with E-state index in [1.54, 1.807) is 0 Å². The maximum absolute atomic E-state index is 12.0. The first kappa shape index (κ1) is 10.3. The van der Waals surface area contributed by atoms with Crippen LogP contribution < -0.4 is 5.73 Å². The quantitative estimate of drug-likeness (QED) is 0.692. The van der Waals surface area contributed by atoms with Crippen molar-refractivity contribution >= 4 is 11.8 Å². The van der Waals surface area contributed by atoms with Gasteiger partial charge in [0.25, 0.3) is 0 Å². The molecule has 16 heavy (non-hydrogen) atoms. The number of piperidine rings is 1. The number of carbonyl (C=O) groups is 2. The molecule has 2 unspecified atom stereocenters. The largest absolute Gasteiger partial charge is 0.324 e. The summed E-state index contributed by atoms with van der Waals surface area (Å²) in [4.78, 5) is 25.5. The molecule has 2 aliphatic carbocycles. The van der Waals surface area contributed by atoms with Crippen LogP contribution in [-0.2, 0) is 9.59 Å². The molecule has 3 aliphatic rings. The minimum Gasteiger partial charge on any atom is -0.324 e. The van der Waals surface area contributed by atoms with Crippen LogP contribution in [0.1, 0.15) is 33.1 Å². The van der Waals surface area contributed by atoms with Gasteiger partial charge >= 0.3 is 0 Å². The summed E-state index contributed by atoms with van der Waals surface area (Å²) in [5, 5.41) is 0. The summed E-state index contributed by atoms with van der Waals surface area (Å²) in [5.74, 6) is -0.110. The number of fused-ring (bicyclic) bond motifs is 1. The Morgan fingerprint density at radius 3 is 2.12 bits per heavy atom. The van der Waals surface area contributed by atoms with Crippen LogP contribution >= 0.6 is 0 Å². The van der Waals surface area contributed by atoms with E-state index in [0.29, 0.717) is 6.54 Å². The van der Waals surface area contributed by atoms with Gasteiger partial charge in [-0.15, -0.1) is 0 Å². The molecule has 2 N–H and O–H groups in total. The predicted octanol–water partition coefficient (Wildman–Crippen LogP) is 0.509. The Kier molecular flexibility index (Phi) is 1.71. The maximum Gasteiger partial charge on any atom is 0.233 e. The molecular weight excluding hydrogens is 204 g/mol. The smallest absolute Gasteiger partial charge is 0.233 e. The van der Waals surface area contributed by atoms with E-state index in [9.17, 15) is 9.59 Å². The summed E-state index contributed by atoms with van der Waals surface area (Å²) < 4.78 is 0. The van der Waals surface area contributed by atoms with Crippen LogP contribution in [0.2, 0.25) is 0 Å². The zero-order chi connectivity index (χ0) is 11.7. The predicted molar refractivity (Wildman–Crippen MR) is 58.3 cm³/mol. The van der Waals surface area contributed by atoms with Crippen LogP contribution in [0.3, 0.4) is 0 Å². The second-order valence-electron chi connectivity index (χ2n) is 6.26. The molecular formula is C12H18N2O2. The summed E-state index contributed by atoms with van der Waals surface area (Å²) in [6.07, 6.45) is 2.98. The van der Waals surface area contributed by atoms with Gasteiger partial charge in [-0.2, -0.15) is 0 Å². The summed E-state index contributed by atoms with van der Waals surface area (Å²) in [5.41, 5.74) is 5.70. The van der Waals surface area contributed by atoms with Gasteiger partial charge in [0.2, 0.25) is 11.8 Å². The van der Waals surface area contributed by atoms with Crippen molar-refractivity contribution in [3.05, 3.63) is 0 Å². The van der Waals surface area contributed by atoms with Crippen molar-refractivity contribution in [2.24, 2.45) is 23.0 Å². The molecule has 88 valence electrons. The molecule has 0 bridgehead atoms. The van der Waals surface area contributed by atoms with Crippen molar-refractivity contribution in [1.82, 2.24) is 4.90 Å². The highest BCUT2D eigenvalue weighted by atomic mass is 16.2. The van der Waals surface area contributed by atoms with Gasteiger partial charge in [-0.1, -0.05) is 13.8 Å². The Hall–Kier alpha value is -0.900. The van der Waals surface area contributed by atoms with Gasteiger partial charge < -0.3 is 5.73 Å². The number of rotatable bonds is 2. The number of amides is 2. The molecule has 0 radical (unpaired) electrons. The highest BCUT2D eigenvalue weighted by molar-refractivity contribution is 6.10. The number of hydrogen-bond acceptors (Lipinski definition) is 3.